The summed E-state index contributed by atoms with van der Waals surface area (Å²) in [6.45, 7) is 9.56. The van der Waals surface area contributed by atoms with Gasteiger partial charge in [-0.15, -0.1) is 0 Å². The van der Waals surface area contributed by atoms with Crippen LogP contribution in [0.4, 0.5) is 0 Å². The second-order valence-electron chi connectivity index (χ2n) is 7.79. The Morgan fingerprint density at radius 1 is 1.27 bits per heavy atom. The maximum Gasteiger partial charge on any atom is 0.216 e. The SMILES string of the molecule is CCNC(=NCc1ncc(-c2ccc(C)cc2)o1)NC1CCN(CCCOC)CC1. The average Bonchev–Trinajstić information content (AvgIpc) is 3.23. The number of guanidine groups is 1. The summed E-state index contributed by atoms with van der Waals surface area (Å²) in [6, 6.07) is 8.69. The summed E-state index contributed by atoms with van der Waals surface area (Å²) in [5.41, 5.74) is 2.26. The van der Waals surface area contributed by atoms with Crippen LogP contribution in [0.3, 0.4) is 0 Å². The average molecular weight is 414 g/mol. The highest BCUT2D eigenvalue weighted by Crippen LogP contribution is 2.21. The van der Waals surface area contributed by atoms with Gasteiger partial charge in [0.15, 0.2) is 11.7 Å². The lowest BCUT2D eigenvalue weighted by Gasteiger charge is -2.33. The van der Waals surface area contributed by atoms with Crippen LogP contribution in [0.1, 0.15) is 37.6 Å². The first kappa shape index (κ1) is 22.3. The molecule has 1 saturated heterocycles. The first-order valence-corrected chi connectivity index (χ1v) is 11.0. The monoisotopic (exact) mass is 413 g/mol. The second kappa shape index (κ2) is 11.7. The molecule has 0 unspecified atom stereocenters. The van der Waals surface area contributed by atoms with E-state index in [0.717, 1.165) is 69.3 Å². The van der Waals surface area contributed by atoms with Crippen molar-refractivity contribution in [3.63, 3.8) is 0 Å². The molecule has 1 aromatic heterocycles. The molecule has 0 bridgehead atoms. The van der Waals surface area contributed by atoms with E-state index >= 15 is 0 Å². The van der Waals surface area contributed by atoms with Gasteiger partial charge in [-0.05, 0) is 33.1 Å². The van der Waals surface area contributed by atoms with Gasteiger partial charge in [0.05, 0.1) is 6.20 Å². The van der Waals surface area contributed by atoms with E-state index in [1.807, 2.05) is 0 Å². The lowest BCUT2D eigenvalue weighted by Crippen LogP contribution is -2.48. The molecule has 0 spiro atoms. The normalized spacial score (nSPS) is 16.0. The molecule has 7 nitrogen and oxygen atoms in total. The molecule has 0 amide bonds. The second-order valence-corrected chi connectivity index (χ2v) is 7.79. The molecule has 3 rings (SSSR count). The summed E-state index contributed by atoms with van der Waals surface area (Å²) in [7, 11) is 1.76. The van der Waals surface area contributed by atoms with Crippen LogP contribution in [0.15, 0.2) is 39.9 Å². The Balaban J connectivity index is 1.51. The molecular formula is C23H35N5O2. The van der Waals surface area contributed by atoms with Crippen molar-refractivity contribution in [1.82, 2.24) is 20.5 Å². The number of benzene rings is 1. The highest BCUT2D eigenvalue weighted by Gasteiger charge is 2.19. The van der Waals surface area contributed by atoms with E-state index in [1.54, 1.807) is 13.3 Å². The Kier molecular flexibility index (Phi) is 8.71. The number of oxazole rings is 1. The fraction of sp³-hybridized carbons (Fsp3) is 0.565. The molecule has 1 aliphatic rings. The van der Waals surface area contributed by atoms with Gasteiger partial charge < -0.3 is 24.7 Å². The number of ether oxygens (including phenoxy) is 1. The smallest absolute Gasteiger partial charge is 0.216 e. The maximum atomic E-state index is 5.90. The Morgan fingerprint density at radius 3 is 2.73 bits per heavy atom. The first-order chi connectivity index (χ1) is 14.7. The van der Waals surface area contributed by atoms with Gasteiger partial charge in [0, 0.05) is 51.5 Å². The summed E-state index contributed by atoms with van der Waals surface area (Å²) >= 11 is 0. The molecule has 0 atom stereocenters. The summed E-state index contributed by atoms with van der Waals surface area (Å²) in [5, 5.41) is 6.92. The first-order valence-electron chi connectivity index (χ1n) is 11.0. The zero-order valence-electron chi connectivity index (χ0n) is 18.5. The van der Waals surface area contributed by atoms with E-state index in [4.69, 9.17) is 9.15 Å². The van der Waals surface area contributed by atoms with Gasteiger partial charge in [-0.2, -0.15) is 0 Å². The Morgan fingerprint density at radius 2 is 2.03 bits per heavy atom. The third kappa shape index (κ3) is 6.85. The standard InChI is InChI=1S/C23H35N5O2/c1-4-24-23(27-20-10-13-28(14-11-20)12-5-15-29-3)26-17-22-25-16-21(30-22)19-8-6-18(2)7-9-19/h6-9,16,20H,4-5,10-15,17H2,1-3H3,(H2,24,26,27). The molecule has 2 heterocycles. The maximum absolute atomic E-state index is 5.90. The number of methoxy groups -OCH3 is 1. The Bertz CT molecular complexity index is 779. The number of nitrogens with zero attached hydrogens (tertiary/aromatic N) is 3. The van der Waals surface area contributed by atoms with E-state index in [0.29, 0.717) is 18.5 Å². The molecule has 164 valence electrons. The van der Waals surface area contributed by atoms with Gasteiger partial charge in [-0.25, -0.2) is 9.98 Å². The number of hydrogen-bond donors (Lipinski definition) is 2. The highest BCUT2D eigenvalue weighted by atomic mass is 16.5. The Hall–Kier alpha value is -2.38. The zero-order valence-corrected chi connectivity index (χ0v) is 18.5. The molecule has 1 fully saturated rings. The molecular weight excluding hydrogens is 378 g/mol. The molecule has 7 heteroatoms. The van der Waals surface area contributed by atoms with E-state index in [2.05, 4.69) is 63.6 Å². The fourth-order valence-electron chi connectivity index (χ4n) is 3.63. The van der Waals surface area contributed by atoms with Gasteiger partial charge >= 0.3 is 0 Å². The van der Waals surface area contributed by atoms with Crippen LogP contribution >= 0.6 is 0 Å². The van der Waals surface area contributed by atoms with Crippen LogP contribution in [0.5, 0.6) is 0 Å². The number of aromatic nitrogens is 1. The Labute approximate surface area is 179 Å². The van der Waals surface area contributed by atoms with Crippen molar-refractivity contribution < 1.29 is 9.15 Å². The van der Waals surface area contributed by atoms with Gasteiger partial charge in [-0.1, -0.05) is 29.8 Å². The number of piperidine rings is 1. The largest absolute Gasteiger partial charge is 0.439 e. The van der Waals surface area contributed by atoms with Crippen molar-refractivity contribution in [3.05, 3.63) is 41.9 Å². The van der Waals surface area contributed by atoms with Crippen LogP contribution in [-0.2, 0) is 11.3 Å². The predicted molar refractivity (Wildman–Crippen MR) is 121 cm³/mol. The lowest BCUT2D eigenvalue weighted by molar-refractivity contribution is 0.155. The van der Waals surface area contributed by atoms with Crippen molar-refractivity contribution in [1.29, 1.82) is 0 Å². The fourth-order valence-corrected chi connectivity index (χ4v) is 3.63. The molecule has 0 saturated carbocycles. The minimum Gasteiger partial charge on any atom is -0.439 e. The van der Waals surface area contributed by atoms with Crippen molar-refractivity contribution in [2.45, 2.75) is 45.7 Å². The number of likely N-dealkylation sites (tertiary alicyclic amines) is 1. The number of hydrogen-bond acceptors (Lipinski definition) is 5. The molecule has 1 aliphatic heterocycles. The predicted octanol–water partition coefficient (Wildman–Crippen LogP) is 3.21. The van der Waals surface area contributed by atoms with Gasteiger partial charge in [0.2, 0.25) is 5.89 Å². The van der Waals surface area contributed by atoms with Crippen LogP contribution in [0.25, 0.3) is 11.3 Å². The molecule has 0 radical (unpaired) electrons. The lowest BCUT2D eigenvalue weighted by atomic mass is 10.1. The number of nitrogens with one attached hydrogen (secondary N) is 2. The van der Waals surface area contributed by atoms with Gasteiger partial charge in [0.25, 0.3) is 0 Å². The van der Waals surface area contributed by atoms with Crippen LogP contribution < -0.4 is 10.6 Å². The van der Waals surface area contributed by atoms with Crippen molar-refractivity contribution >= 4 is 5.96 Å². The van der Waals surface area contributed by atoms with E-state index in [9.17, 15) is 0 Å². The minimum atomic E-state index is 0.414. The molecule has 30 heavy (non-hydrogen) atoms. The highest BCUT2D eigenvalue weighted by molar-refractivity contribution is 5.80. The third-order valence-corrected chi connectivity index (χ3v) is 5.36. The quantitative estimate of drug-likeness (QED) is 0.374. The third-order valence-electron chi connectivity index (χ3n) is 5.36. The summed E-state index contributed by atoms with van der Waals surface area (Å²) in [4.78, 5) is 11.6. The van der Waals surface area contributed by atoms with Crippen LogP contribution in [0, 0.1) is 6.92 Å². The van der Waals surface area contributed by atoms with Gasteiger partial charge in [-0.3, -0.25) is 0 Å². The molecule has 0 aliphatic carbocycles. The number of aryl methyl sites for hydroxylation is 1. The van der Waals surface area contributed by atoms with Crippen molar-refractivity contribution in [2.75, 3.05) is 39.9 Å². The molecule has 2 N–H and O–H groups in total. The molecule has 1 aromatic carbocycles. The van der Waals surface area contributed by atoms with E-state index in [1.165, 1.54) is 5.56 Å². The zero-order chi connectivity index (χ0) is 21.2. The van der Waals surface area contributed by atoms with Crippen molar-refractivity contribution in [2.24, 2.45) is 4.99 Å². The van der Waals surface area contributed by atoms with Crippen molar-refractivity contribution in [3.8, 4) is 11.3 Å². The summed E-state index contributed by atoms with van der Waals surface area (Å²) in [5.74, 6) is 2.22. The summed E-state index contributed by atoms with van der Waals surface area (Å²) in [6.07, 6.45) is 5.11. The van der Waals surface area contributed by atoms with Crippen LogP contribution in [-0.4, -0.2) is 61.8 Å². The topological polar surface area (TPSA) is 74.9 Å². The number of aliphatic imine (C=N–C) groups is 1. The number of rotatable bonds is 9. The van der Waals surface area contributed by atoms with E-state index in [-0.39, 0.29) is 0 Å². The minimum absolute atomic E-state index is 0.414. The van der Waals surface area contributed by atoms with Crippen LogP contribution in [0.2, 0.25) is 0 Å². The molecule has 2 aromatic rings. The summed E-state index contributed by atoms with van der Waals surface area (Å²) < 4.78 is 11.1. The van der Waals surface area contributed by atoms with Gasteiger partial charge in [0.1, 0.15) is 6.54 Å². The van der Waals surface area contributed by atoms with E-state index < -0.39 is 0 Å².